The fourth-order valence-corrected chi connectivity index (χ4v) is 5.13. The lowest BCUT2D eigenvalue weighted by molar-refractivity contribution is 0.0946. The molecule has 0 spiro atoms. The molecule has 1 N–H and O–H groups in total. The normalized spacial score (nSPS) is 14.9. The second-order valence-corrected chi connectivity index (χ2v) is 9.52. The Labute approximate surface area is 184 Å². The lowest BCUT2D eigenvalue weighted by Gasteiger charge is -2.25. The average molecular weight is 461 g/mol. The maximum Gasteiger partial charge on any atom is 0.271 e. The molecule has 1 saturated heterocycles. The molecule has 3 aromatic rings. The number of sulfonamides is 1. The molecular weight excluding hydrogens is 438 g/mol. The van der Waals surface area contributed by atoms with E-state index in [4.69, 9.17) is 0 Å². The third-order valence-electron chi connectivity index (χ3n) is 5.28. The lowest BCUT2D eigenvalue weighted by Crippen LogP contribution is -2.35. The highest BCUT2D eigenvalue weighted by atomic mass is 32.2. The predicted molar refractivity (Wildman–Crippen MR) is 114 cm³/mol. The van der Waals surface area contributed by atoms with E-state index in [2.05, 4.69) is 10.3 Å². The predicted octanol–water partition coefficient (Wildman–Crippen LogP) is 3.26. The zero-order valence-electron chi connectivity index (χ0n) is 17.2. The van der Waals surface area contributed by atoms with Crippen LogP contribution in [0.3, 0.4) is 0 Å². The SMILES string of the molecule is O=C(NCc1cc(F)cc(F)c1)c1cn(-c2ccc(S(=O)(=O)N3CCCCC3)cc2)cn1. The average Bonchev–Trinajstić information content (AvgIpc) is 3.28. The van der Waals surface area contributed by atoms with Crippen LogP contribution >= 0.6 is 0 Å². The Balaban J connectivity index is 1.43. The highest BCUT2D eigenvalue weighted by Gasteiger charge is 2.25. The van der Waals surface area contributed by atoms with Crippen LogP contribution in [0.4, 0.5) is 8.78 Å². The van der Waals surface area contributed by atoms with Gasteiger partial charge in [0.1, 0.15) is 23.7 Å². The van der Waals surface area contributed by atoms with Gasteiger partial charge in [0.2, 0.25) is 10.0 Å². The smallest absolute Gasteiger partial charge is 0.271 e. The maximum absolute atomic E-state index is 13.3. The van der Waals surface area contributed by atoms with Crippen molar-refractivity contribution < 1.29 is 22.0 Å². The van der Waals surface area contributed by atoms with Gasteiger partial charge < -0.3 is 9.88 Å². The van der Waals surface area contributed by atoms with Gasteiger partial charge in [-0.15, -0.1) is 0 Å². The van der Waals surface area contributed by atoms with Crippen LogP contribution in [0.5, 0.6) is 0 Å². The van der Waals surface area contributed by atoms with Crippen molar-refractivity contribution in [3.63, 3.8) is 0 Å². The molecule has 1 aliphatic heterocycles. The van der Waals surface area contributed by atoms with E-state index < -0.39 is 27.6 Å². The van der Waals surface area contributed by atoms with Crippen LogP contribution in [0.1, 0.15) is 35.3 Å². The lowest BCUT2D eigenvalue weighted by atomic mass is 10.2. The number of hydrogen-bond acceptors (Lipinski definition) is 4. The standard InChI is InChI=1S/C22H22F2N4O3S/c23-17-10-16(11-18(24)12-17)13-25-22(29)21-14-27(15-26-21)19-4-6-20(7-5-19)32(30,31)28-8-2-1-3-9-28/h4-7,10-12,14-15H,1-3,8-9,13H2,(H,25,29). The van der Waals surface area contributed by atoms with E-state index in [0.717, 1.165) is 37.5 Å². The summed E-state index contributed by atoms with van der Waals surface area (Å²) in [5, 5.41) is 2.57. The first-order chi connectivity index (χ1) is 15.3. The van der Waals surface area contributed by atoms with E-state index in [1.54, 1.807) is 16.7 Å². The molecule has 1 aliphatic rings. The number of imidazole rings is 1. The Morgan fingerprint density at radius 3 is 2.31 bits per heavy atom. The minimum absolute atomic E-state index is 0.0522. The Kier molecular flexibility index (Phi) is 6.33. The van der Waals surface area contributed by atoms with Crippen LogP contribution in [0.2, 0.25) is 0 Å². The third kappa shape index (κ3) is 4.86. The number of benzene rings is 2. The molecule has 168 valence electrons. The van der Waals surface area contributed by atoms with Crippen molar-refractivity contribution >= 4 is 15.9 Å². The molecule has 0 bridgehead atoms. The summed E-state index contributed by atoms with van der Waals surface area (Å²) in [6.07, 6.45) is 5.71. The molecule has 0 saturated carbocycles. The molecule has 0 unspecified atom stereocenters. The molecule has 32 heavy (non-hydrogen) atoms. The molecule has 2 aromatic carbocycles. The van der Waals surface area contributed by atoms with Gasteiger partial charge in [0.05, 0.1) is 4.90 Å². The van der Waals surface area contributed by atoms with Gasteiger partial charge in [-0.3, -0.25) is 4.79 Å². The molecule has 1 fully saturated rings. The number of rotatable bonds is 6. The van der Waals surface area contributed by atoms with Crippen LogP contribution in [0.25, 0.3) is 5.69 Å². The summed E-state index contributed by atoms with van der Waals surface area (Å²) >= 11 is 0. The van der Waals surface area contributed by atoms with E-state index in [1.807, 2.05) is 0 Å². The molecule has 7 nitrogen and oxygen atoms in total. The van der Waals surface area contributed by atoms with Crippen molar-refractivity contribution in [2.45, 2.75) is 30.7 Å². The summed E-state index contributed by atoms with van der Waals surface area (Å²) in [7, 11) is -3.52. The van der Waals surface area contributed by atoms with Crippen molar-refractivity contribution in [1.29, 1.82) is 0 Å². The van der Waals surface area contributed by atoms with Gasteiger partial charge in [-0.1, -0.05) is 6.42 Å². The summed E-state index contributed by atoms with van der Waals surface area (Å²) in [5.74, 6) is -1.94. The Morgan fingerprint density at radius 1 is 1.00 bits per heavy atom. The Bertz CT molecular complexity index is 1200. The zero-order chi connectivity index (χ0) is 22.7. The zero-order valence-corrected chi connectivity index (χ0v) is 18.0. The van der Waals surface area contributed by atoms with Crippen molar-refractivity contribution in [2.24, 2.45) is 0 Å². The molecule has 1 amide bonds. The maximum atomic E-state index is 13.3. The summed E-state index contributed by atoms with van der Waals surface area (Å²) in [6.45, 7) is 1.02. The van der Waals surface area contributed by atoms with E-state index in [1.165, 1.54) is 29.0 Å². The number of carbonyl (C=O) groups excluding carboxylic acids is 1. The first-order valence-electron chi connectivity index (χ1n) is 10.2. The second kappa shape index (κ2) is 9.17. The molecule has 0 atom stereocenters. The van der Waals surface area contributed by atoms with Crippen LogP contribution in [0, 0.1) is 11.6 Å². The quantitative estimate of drug-likeness (QED) is 0.612. The Hall–Kier alpha value is -3.11. The van der Waals surface area contributed by atoms with E-state index >= 15 is 0 Å². The van der Waals surface area contributed by atoms with Gasteiger partial charge in [0, 0.05) is 37.6 Å². The van der Waals surface area contributed by atoms with Crippen molar-refractivity contribution in [1.82, 2.24) is 19.2 Å². The molecule has 2 heterocycles. The molecule has 1 aromatic heterocycles. The van der Waals surface area contributed by atoms with Crippen molar-refractivity contribution in [3.8, 4) is 5.69 Å². The number of hydrogen-bond donors (Lipinski definition) is 1. The molecule has 4 rings (SSSR count). The number of halogens is 2. The van der Waals surface area contributed by atoms with Gasteiger partial charge in [-0.2, -0.15) is 4.31 Å². The van der Waals surface area contributed by atoms with E-state index in [-0.39, 0.29) is 17.1 Å². The molecular formula is C22H22F2N4O3S. The number of amides is 1. The fourth-order valence-electron chi connectivity index (χ4n) is 3.61. The van der Waals surface area contributed by atoms with Gasteiger partial charge in [-0.05, 0) is 54.8 Å². The number of nitrogens with zero attached hydrogens (tertiary/aromatic N) is 3. The highest BCUT2D eigenvalue weighted by Crippen LogP contribution is 2.22. The third-order valence-corrected chi connectivity index (χ3v) is 7.19. The highest BCUT2D eigenvalue weighted by molar-refractivity contribution is 7.89. The first kappa shape index (κ1) is 22.1. The molecule has 10 heteroatoms. The topological polar surface area (TPSA) is 84.3 Å². The Morgan fingerprint density at radius 2 is 1.66 bits per heavy atom. The summed E-state index contributed by atoms with van der Waals surface area (Å²) < 4.78 is 55.2. The summed E-state index contributed by atoms with van der Waals surface area (Å²) in [6, 6.07) is 9.42. The second-order valence-electron chi connectivity index (χ2n) is 7.59. The number of piperidine rings is 1. The minimum Gasteiger partial charge on any atom is -0.347 e. The number of carbonyl (C=O) groups is 1. The van der Waals surface area contributed by atoms with Crippen LogP contribution in [-0.2, 0) is 16.6 Å². The van der Waals surface area contributed by atoms with E-state index in [0.29, 0.717) is 24.3 Å². The van der Waals surface area contributed by atoms with Crippen LogP contribution in [0.15, 0.2) is 59.9 Å². The van der Waals surface area contributed by atoms with E-state index in [9.17, 15) is 22.0 Å². The first-order valence-corrected chi connectivity index (χ1v) is 11.6. The monoisotopic (exact) mass is 460 g/mol. The van der Waals surface area contributed by atoms with Crippen LogP contribution in [-0.4, -0.2) is 41.3 Å². The number of nitrogens with one attached hydrogen (secondary N) is 1. The largest absolute Gasteiger partial charge is 0.347 e. The van der Waals surface area contributed by atoms with Gasteiger partial charge in [0.25, 0.3) is 5.91 Å². The summed E-state index contributed by atoms with van der Waals surface area (Å²) in [4.78, 5) is 16.6. The minimum atomic E-state index is -3.52. The fraction of sp³-hybridized carbons (Fsp3) is 0.273. The van der Waals surface area contributed by atoms with Gasteiger partial charge in [0.15, 0.2) is 0 Å². The number of aromatic nitrogens is 2. The van der Waals surface area contributed by atoms with Crippen LogP contribution < -0.4 is 5.32 Å². The van der Waals surface area contributed by atoms with Crippen molar-refractivity contribution in [3.05, 3.63) is 77.9 Å². The summed E-state index contributed by atoms with van der Waals surface area (Å²) in [5.41, 5.74) is 1.05. The molecule has 0 radical (unpaired) electrons. The van der Waals surface area contributed by atoms with Crippen molar-refractivity contribution in [2.75, 3.05) is 13.1 Å². The van der Waals surface area contributed by atoms with Gasteiger partial charge in [-0.25, -0.2) is 22.2 Å². The van der Waals surface area contributed by atoms with Gasteiger partial charge >= 0.3 is 0 Å². The molecule has 0 aliphatic carbocycles.